The molecule has 0 spiro atoms. The van der Waals surface area contributed by atoms with Gasteiger partial charge in [-0.25, -0.2) is 4.98 Å². The first kappa shape index (κ1) is 12.6. The van der Waals surface area contributed by atoms with Crippen molar-refractivity contribution in [3.05, 3.63) is 48.2 Å². The van der Waals surface area contributed by atoms with E-state index in [9.17, 15) is 0 Å². The number of hydrogen-bond donors (Lipinski definition) is 0. The zero-order valence-corrected chi connectivity index (χ0v) is 11.0. The van der Waals surface area contributed by atoms with Gasteiger partial charge in [0.2, 0.25) is 5.88 Å². The van der Waals surface area contributed by atoms with Crippen LogP contribution in [-0.2, 0) is 6.42 Å². The number of rotatable bonds is 5. The minimum Gasteiger partial charge on any atom is -0.477 e. The van der Waals surface area contributed by atoms with Crippen LogP contribution in [0.25, 0.3) is 11.1 Å². The second-order valence-electron chi connectivity index (χ2n) is 4.21. The van der Waals surface area contributed by atoms with E-state index in [0.29, 0.717) is 0 Å². The lowest BCUT2D eigenvalue weighted by molar-refractivity contribution is 0.302. The average molecular weight is 241 g/mol. The van der Waals surface area contributed by atoms with E-state index in [4.69, 9.17) is 4.74 Å². The van der Waals surface area contributed by atoms with E-state index in [2.05, 4.69) is 49.2 Å². The molecule has 0 saturated carbocycles. The summed E-state index contributed by atoms with van der Waals surface area (Å²) in [5.74, 6) is 0.778. The maximum atomic E-state index is 5.73. The molecule has 0 atom stereocenters. The predicted octanol–water partition coefficient (Wildman–Crippen LogP) is 4.10. The molecule has 1 aromatic heterocycles. The quantitative estimate of drug-likeness (QED) is 0.786. The Labute approximate surface area is 109 Å². The van der Waals surface area contributed by atoms with Crippen LogP contribution in [0.5, 0.6) is 5.88 Å². The Morgan fingerprint density at radius 2 is 1.83 bits per heavy atom. The molecule has 2 nitrogen and oxygen atoms in total. The third-order valence-corrected chi connectivity index (χ3v) is 2.90. The van der Waals surface area contributed by atoms with E-state index in [1.165, 1.54) is 16.7 Å². The fourth-order valence-electron chi connectivity index (χ4n) is 2.03. The van der Waals surface area contributed by atoms with Crippen LogP contribution in [0.1, 0.15) is 25.8 Å². The van der Waals surface area contributed by atoms with Crippen LogP contribution >= 0.6 is 0 Å². The van der Waals surface area contributed by atoms with Crippen molar-refractivity contribution in [2.24, 2.45) is 0 Å². The molecule has 0 unspecified atom stereocenters. The van der Waals surface area contributed by atoms with Crippen molar-refractivity contribution in [3.63, 3.8) is 0 Å². The molecule has 0 aliphatic heterocycles. The topological polar surface area (TPSA) is 22.1 Å². The molecule has 0 N–H and O–H groups in total. The molecule has 0 aliphatic carbocycles. The number of ether oxygens (including phenoxy) is 1. The predicted molar refractivity (Wildman–Crippen MR) is 74.8 cm³/mol. The molecular weight excluding hydrogens is 222 g/mol. The number of hydrogen-bond acceptors (Lipinski definition) is 2. The molecule has 0 fully saturated rings. The number of nitrogens with zero attached hydrogens (tertiary/aromatic N) is 1. The first-order chi connectivity index (χ1) is 8.86. The van der Waals surface area contributed by atoms with Crippen molar-refractivity contribution in [2.75, 3.05) is 6.61 Å². The van der Waals surface area contributed by atoms with Crippen molar-refractivity contribution in [2.45, 2.75) is 26.7 Å². The highest BCUT2D eigenvalue weighted by atomic mass is 16.5. The standard InChI is InChI=1S/C16H19NO/c1-3-12-18-16-14(4-2)15(10-11-17-16)13-8-6-5-7-9-13/h5-11H,3-4,12H2,1-2H3. The Morgan fingerprint density at radius 3 is 2.50 bits per heavy atom. The third-order valence-electron chi connectivity index (χ3n) is 2.90. The summed E-state index contributed by atoms with van der Waals surface area (Å²) >= 11 is 0. The second-order valence-corrected chi connectivity index (χ2v) is 4.21. The molecule has 94 valence electrons. The van der Waals surface area contributed by atoms with E-state index in [-0.39, 0.29) is 0 Å². The Hall–Kier alpha value is -1.83. The van der Waals surface area contributed by atoms with Gasteiger partial charge in [0.1, 0.15) is 0 Å². The maximum absolute atomic E-state index is 5.73. The average Bonchev–Trinajstić information content (AvgIpc) is 2.45. The lowest BCUT2D eigenvalue weighted by Gasteiger charge is -2.13. The Bertz CT molecular complexity index is 494. The largest absolute Gasteiger partial charge is 0.477 e. The van der Waals surface area contributed by atoms with E-state index < -0.39 is 0 Å². The molecule has 2 heteroatoms. The van der Waals surface area contributed by atoms with Gasteiger partial charge in [-0.1, -0.05) is 44.2 Å². The highest BCUT2D eigenvalue weighted by Crippen LogP contribution is 2.29. The molecule has 0 aliphatic rings. The molecule has 2 aromatic rings. The van der Waals surface area contributed by atoms with Crippen molar-refractivity contribution in [1.82, 2.24) is 4.98 Å². The van der Waals surface area contributed by atoms with Gasteiger partial charge in [-0.2, -0.15) is 0 Å². The normalized spacial score (nSPS) is 10.3. The van der Waals surface area contributed by atoms with Crippen LogP contribution in [0.3, 0.4) is 0 Å². The van der Waals surface area contributed by atoms with Gasteiger partial charge in [-0.15, -0.1) is 0 Å². The van der Waals surface area contributed by atoms with Gasteiger partial charge in [-0.05, 0) is 30.0 Å². The SMILES string of the molecule is CCCOc1nccc(-c2ccccc2)c1CC. The highest BCUT2D eigenvalue weighted by Gasteiger charge is 2.10. The van der Waals surface area contributed by atoms with E-state index in [1.807, 2.05) is 12.3 Å². The molecule has 0 radical (unpaired) electrons. The van der Waals surface area contributed by atoms with Gasteiger partial charge in [-0.3, -0.25) is 0 Å². The van der Waals surface area contributed by atoms with Crippen LogP contribution in [0.2, 0.25) is 0 Å². The van der Waals surface area contributed by atoms with Crippen LogP contribution in [0.15, 0.2) is 42.6 Å². The van der Waals surface area contributed by atoms with E-state index >= 15 is 0 Å². The zero-order chi connectivity index (χ0) is 12.8. The van der Waals surface area contributed by atoms with Gasteiger partial charge < -0.3 is 4.74 Å². The Kier molecular flexibility index (Phi) is 4.35. The summed E-state index contributed by atoms with van der Waals surface area (Å²) in [5.41, 5.74) is 3.63. The van der Waals surface area contributed by atoms with Crippen LogP contribution in [0, 0.1) is 0 Å². The van der Waals surface area contributed by atoms with Crippen LogP contribution in [-0.4, -0.2) is 11.6 Å². The molecule has 1 aromatic carbocycles. The minimum atomic E-state index is 0.720. The summed E-state index contributed by atoms with van der Waals surface area (Å²) in [4.78, 5) is 4.35. The summed E-state index contributed by atoms with van der Waals surface area (Å²) in [6, 6.07) is 12.5. The number of benzene rings is 1. The van der Waals surface area contributed by atoms with Crippen molar-refractivity contribution in [1.29, 1.82) is 0 Å². The van der Waals surface area contributed by atoms with Gasteiger partial charge in [0.15, 0.2) is 0 Å². The molecule has 0 saturated heterocycles. The van der Waals surface area contributed by atoms with E-state index in [0.717, 1.165) is 25.3 Å². The molecule has 18 heavy (non-hydrogen) atoms. The van der Waals surface area contributed by atoms with Crippen molar-refractivity contribution < 1.29 is 4.74 Å². The summed E-state index contributed by atoms with van der Waals surface area (Å²) in [7, 11) is 0. The van der Waals surface area contributed by atoms with Gasteiger partial charge in [0.25, 0.3) is 0 Å². The smallest absolute Gasteiger partial charge is 0.217 e. The lowest BCUT2D eigenvalue weighted by Crippen LogP contribution is -2.02. The monoisotopic (exact) mass is 241 g/mol. The summed E-state index contributed by atoms with van der Waals surface area (Å²) in [6.07, 6.45) is 3.75. The molecule has 2 rings (SSSR count). The van der Waals surface area contributed by atoms with E-state index in [1.54, 1.807) is 0 Å². The first-order valence-electron chi connectivity index (χ1n) is 6.53. The minimum absolute atomic E-state index is 0.720. The molecular formula is C16H19NO. The van der Waals surface area contributed by atoms with Crippen LogP contribution < -0.4 is 4.74 Å². The summed E-state index contributed by atoms with van der Waals surface area (Å²) in [5, 5.41) is 0. The zero-order valence-electron chi connectivity index (χ0n) is 11.0. The highest BCUT2D eigenvalue weighted by molar-refractivity contribution is 5.68. The summed E-state index contributed by atoms with van der Waals surface area (Å²) in [6.45, 7) is 4.97. The number of pyridine rings is 1. The lowest BCUT2D eigenvalue weighted by atomic mass is 10.00. The fraction of sp³-hybridized carbons (Fsp3) is 0.312. The first-order valence-corrected chi connectivity index (χ1v) is 6.53. The molecule has 0 amide bonds. The number of aromatic nitrogens is 1. The van der Waals surface area contributed by atoms with Gasteiger partial charge >= 0.3 is 0 Å². The fourth-order valence-corrected chi connectivity index (χ4v) is 2.03. The summed E-state index contributed by atoms with van der Waals surface area (Å²) < 4.78 is 5.73. The second kappa shape index (κ2) is 6.20. The maximum Gasteiger partial charge on any atom is 0.217 e. The van der Waals surface area contributed by atoms with Gasteiger partial charge in [0.05, 0.1) is 6.61 Å². The van der Waals surface area contributed by atoms with Crippen molar-refractivity contribution >= 4 is 0 Å². The van der Waals surface area contributed by atoms with Crippen molar-refractivity contribution in [3.8, 4) is 17.0 Å². The van der Waals surface area contributed by atoms with Crippen LogP contribution in [0.4, 0.5) is 0 Å². The third kappa shape index (κ3) is 2.70. The Balaban J connectivity index is 2.41. The molecule has 0 bridgehead atoms. The van der Waals surface area contributed by atoms with Gasteiger partial charge in [0, 0.05) is 11.8 Å². The molecule has 1 heterocycles. The Morgan fingerprint density at radius 1 is 1.06 bits per heavy atom.